The Hall–Kier alpha value is -2.44. The maximum atomic E-state index is 5.24. The van der Waals surface area contributed by atoms with Gasteiger partial charge in [0.25, 0.3) is 0 Å². The van der Waals surface area contributed by atoms with Crippen molar-refractivity contribution in [3.05, 3.63) is 46.4 Å². The average Bonchev–Trinajstić information content (AvgIpc) is 3.21. The summed E-state index contributed by atoms with van der Waals surface area (Å²) >= 11 is 3.30. The quantitative estimate of drug-likeness (QED) is 0.512. The molecule has 0 bridgehead atoms. The number of fused-ring (bicyclic) bond motifs is 2. The van der Waals surface area contributed by atoms with Gasteiger partial charge in [-0.05, 0) is 36.4 Å². The van der Waals surface area contributed by atoms with E-state index in [0.717, 1.165) is 41.9 Å². The van der Waals surface area contributed by atoms with Crippen molar-refractivity contribution in [2.24, 2.45) is 0 Å². The van der Waals surface area contributed by atoms with E-state index in [-0.39, 0.29) is 0 Å². The van der Waals surface area contributed by atoms with Gasteiger partial charge in [0.1, 0.15) is 21.5 Å². The Labute approximate surface area is 147 Å². The van der Waals surface area contributed by atoms with Gasteiger partial charge in [-0.1, -0.05) is 0 Å². The highest BCUT2D eigenvalue weighted by Gasteiger charge is 2.05. The Bertz CT molecular complexity index is 966. The first-order chi connectivity index (χ1) is 11.7. The zero-order chi connectivity index (χ0) is 16.5. The van der Waals surface area contributed by atoms with Crippen LogP contribution in [0.25, 0.3) is 32.6 Å². The normalized spacial score (nSPS) is 11.6. The third-order valence-corrected chi connectivity index (χ3v) is 5.59. The highest BCUT2D eigenvalue weighted by Crippen LogP contribution is 2.29. The number of rotatable bonds is 4. The number of thiazole rings is 2. The molecule has 2 heterocycles. The molecule has 0 atom stereocenters. The van der Waals surface area contributed by atoms with Gasteiger partial charge >= 0.3 is 0 Å². The maximum Gasteiger partial charge on any atom is 0.121 e. The van der Waals surface area contributed by atoms with E-state index in [1.165, 1.54) is 0 Å². The Kier molecular flexibility index (Phi) is 3.92. The number of benzene rings is 2. The molecule has 0 amide bonds. The Balaban J connectivity index is 1.64. The molecule has 0 saturated heterocycles. The van der Waals surface area contributed by atoms with E-state index in [4.69, 9.17) is 9.47 Å². The highest BCUT2D eigenvalue weighted by atomic mass is 32.1. The second-order valence-electron chi connectivity index (χ2n) is 5.10. The summed E-state index contributed by atoms with van der Waals surface area (Å²) in [6, 6.07) is 11.9. The summed E-state index contributed by atoms with van der Waals surface area (Å²) in [5.41, 5.74) is 1.90. The molecule has 0 radical (unpaired) electrons. The van der Waals surface area contributed by atoms with Crippen molar-refractivity contribution in [1.29, 1.82) is 0 Å². The molecule has 2 aromatic heterocycles. The van der Waals surface area contributed by atoms with Crippen molar-refractivity contribution < 1.29 is 9.47 Å². The fraction of sp³-hybridized carbons (Fsp3) is 0.111. The lowest BCUT2D eigenvalue weighted by Gasteiger charge is -1.96. The summed E-state index contributed by atoms with van der Waals surface area (Å²) in [6.45, 7) is 0. The zero-order valence-corrected chi connectivity index (χ0v) is 14.8. The molecular formula is C18H14N2O2S2. The molecule has 4 nitrogen and oxygen atoms in total. The van der Waals surface area contributed by atoms with Crippen LogP contribution in [0.4, 0.5) is 0 Å². The summed E-state index contributed by atoms with van der Waals surface area (Å²) < 4.78 is 12.8. The summed E-state index contributed by atoms with van der Waals surface area (Å²) in [5, 5.41) is 1.91. The van der Waals surface area contributed by atoms with E-state index in [1.54, 1.807) is 36.9 Å². The average molecular weight is 354 g/mol. The van der Waals surface area contributed by atoms with E-state index >= 15 is 0 Å². The first-order valence-corrected chi connectivity index (χ1v) is 8.96. The van der Waals surface area contributed by atoms with Gasteiger partial charge < -0.3 is 9.47 Å². The van der Waals surface area contributed by atoms with Crippen LogP contribution in [0.1, 0.15) is 10.0 Å². The number of methoxy groups -OCH3 is 2. The van der Waals surface area contributed by atoms with E-state index in [2.05, 4.69) is 9.97 Å². The van der Waals surface area contributed by atoms with Crippen LogP contribution in [0.5, 0.6) is 11.5 Å². The van der Waals surface area contributed by atoms with Gasteiger partial charge in [0.15, 0.2) is 0 Å². The Morgan fingerprint density at radius 2 is 1.21 bits per heavy atom. The van der Waals surface area contributed by atoms with Crippen molar-refractivity contribution in [3.63, 3.8) is 0 Å². The van der Waals surface area contributed by atoms with Crippen LogP contribution in [0.3, 0.4) is 0 Å². The highest BCUT2D eigenvalue weighted by molar-refractivity contribution is 7.20. The van der Waals surface area contributed by atoms with Gasteiger partial charge in [-0.25, -0.2) is 9.97 Å². The third kappa shape index (κ3) is 2.86. The van der Waals surface area contributed by atoms with Crippen LogP contribution in [0.15, 0.2) is 36.4 Å². The van der Waals surface area contributed by atoms with Crippen LogP contribution in [-0.4, -0.2) is 24.2 Å². The minimum absolute atomic E-state index is 0.823. The van der Waals surface area contributed by atoms with Gasteiger partial charge in [0, 0.05) is 12.1 Å². The molecule has 6 heteroatoms. The largest absolute Gasteiger partial charge is 0.497 e. The molecule has 4 aromatic rings. The lowest BCUT2D eigenvalue weighted by molar-refractivity contribution is 0.415. The lowest BCUT2D eigenvalue weighted by atomic mass is 10.3. The smallest absolute Gasteiger partial charge is 0.121 e. The minimum atomic E-state index is 0.823. The van der Waals surface area contributed by atoms with Gasteiger partial charge in [-0.3, -0.25) is 0 Å². The first-order valence-electron chi connectivity index (χ1n) is 7.32. The summed E-state index contributed by atoms with van der Waals surface area (Å²) in [4.78, 5) is 9.25. The van der Waals surface area contributed by atoms with Crippen molar-refractivity contribution in [3.8, 4) is 11.5 Å². The molecular weight excluding hydrogens is 340 g/mol. The SMILES string of the molecule is COc1ccc2sc(C=Cc3nc4cc(OC)ccc4s3)nc2c1. The van der Waals surface area contributed by atoms with Crippen molar-refractivity contribution in [2.75, 3.05) is 14.2 Å². The maximum absolute atomic E-state index is 5.24. The van der Waals surface area contributed by atoms with Crippen LogP contribution in [0, 0.1) is 0 Å². The molecule has 0 saturated carbocycles. The van der Waals surface area contributed by atoms with Crippen LogP contribution >= 0.6 is 22.7 Å². The standard InChI is InChI=1S/C18H14N2O2S2/c1-21-11-3-5-15-13(9-11)19-17(23-15)7-8-18-20-14-10-12(22-2)4-6-16(14)24-18/h3-10H,1-2H3. The first kappa shape index (κ1) is 15.1. The second-order valence-corrected chi connectivity index (χ2v) is 7.23. The molecule has 0 aliphatic heterocycles. The topological polar surface area (TPSA) is 44.2 Å². The molecule has 120 valence electrons. The van der Waals surface area contributed by atoms with Crippen LogP contribution in [0.2, 0.25) is 0 Å². The van der Waals surface area contributed by atoms with Crippen molar-refractivity contribution in [2.45, 2.75) is 0 Å². The van der Waals surface area contributed by atoms with E-state index in [9.17, 15) is 0 Å². The molecule has 0 unspecified atom stereocenters. The van der Waals surface area contributed by atoms with E-state index in [0.29, 0.717) is 0 Å². The molecule has 0 N–H and O–H groups in total. The second kappa shape index (κ2) is 6.22. The van der Waals surface area contributed by atoms with E-state index in [1.807, 2.05) is 48.6 Å². The fourth-order valence-corrected chi connectivity index (χ4v) is 4.09. The van der Waals surface area contributed by atoms with E-state index < -0.39 is 0 Å². The Morgan fingerprint density at radius 1 is 0.750 bits per heavy atom. The monoisotopic (exact) mass is 354 g/mol. The van der Waals surface area contributed by atoms with Gasteiger partial charge in [0.2, 0.25) is 0 Å². The zero-order valence-electron chi connectivity index (χ0n) is 13.1. The van der Waals surface area contributed by atoms with Gasteiger partial charge in [-0.2, -0.15) is 0 Å². The van der Waals surface area contributed by atoms with Gasteiger partial charge in [-0.15, -0.1) is 22.7 Å². The number of ether oxygens (including phenoxy) is 2. The summed E-state index contributed by atoms with van der Waals surface area (Å²) in [6.07, 6.45) is 4.01. The third-order valence-electron chi connectivity index (χ3n) is 3.59. The van der Waals surface area contributed by atoms with Crippen LogP contribution in [-0.2, 0) is 0 Å². The van der Waals surface area contributed by atoms with Crippen LogP contribution < -0.4 is 9.47 Å². The number of nitrogens with zero attached hydrogens (tertiary/aromatic N) is 2. The van der Waals surface area contributed by atoms with Crippen molar-refractivity contribution >= 4 is 55.3 Å². The molecule has 0 aliphatic rings. The lowest BCUT2D eigenvalue weighted by Crippen LogP contribution is -1.81. The molecule has 24 heavy (non-hydrogen) atoms. The number of hydrogen-bond acceptors (Lipinski definition) is 6. The van der Waals surface area contributed by atoms with Crippen molar-refractivity contribution in [1.82, 2.24) is 9.97 Å². The summed E-state index contributed by atoms with van der Waals surface area (Å²) in [7, 11) is 3.33. The predicted octanol–water partition coefficient (Wildman–Crippen LogP) is 5.09. The Morgan fingerprint density at radius 3 is 1.62 bits per heavy atom. The number of aromatic nitrogens is 2. The number of hydrogen-bond donors (Lipinski definition) is 0. The molecule has 4 rings (SSSR count). The molecule has 2 aromatic carbocycles. The minimum Gasteiger partial charge on any atom is -0.497 e. The molecule has 0 fully saturated rings. The fourth-order valence-electron chi connectivity index (χ4n) is 2.39. The molecule has 0 spiro atoms. The summed E-state index contributed by atoms with van der Waals surface area (Å²) in [5.74, 6) is 1.65. The van der Waals surface area contributed by atoms with Gasteiger partial charge in [0.05, 0.1) is 34.7 Å². The molecule has 0 aliphatic carbocycles. The predicted molar refractivity (Wildman–Crippen MR) is 101 cm³/mol.